The summed E-state index contributed by atoms with van der Waals surface area (Å²) in [6.07, 6.45) is 9.09. The SMILES string of the molecule is Cn1[c-][n+](-c2cccc(Oc3ccc4c5c6c(c7ccccc7n6C)c6c(c7ccccc7n6C)c5n(-c5ccccn5)c4c3)c2)cc1. The Morgan fingerprint density at radius 1 is 0.604 bits per heavy atom. The third-order valence-corrected chi connectivity index (χ3v) is 9.78. The Morgan fingerprint density at radius 2 is 1.25 bits per heavy atom. The fourth-order valence-electron chi connectivity index (χ4n) is 7.76. The highest BCUT2D eigenvalue weighted by molar-refractivity contribution is 6.39. The number of hydrogen-bond donors (Lipinski definition) is 0. The first kappa shape index (κ1) is 26.8. The third kappa shape index (κ3) is 3.64. The van der Waals surface area contributed by atoms with Gasteiger partial charge in [-0.2, -0.15) is 0 Å². The van der Waals surface area contributed by atoms with Crippen molar-refractivity contribution in [2.75, 3.05) is 0 Å². The number of pyridine rings is 1. The summed E-state index contributed by atoms with van der Waals surface area (Å²) >= 11 is 0. The van der Waals surface area contributed by atoms with Crippen molar-refractivity contribution in [1.82, 2.24) is 23.3 Å². The number of fused-ring (bicyclic) bond motifs is 12. The first-order valence-corrected chi connectivity index (χ1v) is 16.1. The summed E-state index contributed by atoms with van der Waals surface area (Å²) in [7, 11) is 6.34. The van der Waals surface area contributed by atoms with Crippen molar-refractivity contribution in [1.29, 1.82) is 0 Å². The molecule has 0 aliphatic carbocycles. The minimum atomic E-state index is 0.754. The van der Waals surface area contributed by atoms with E-state index in [1.165, 1.54) is 49.0 Å². The lowest BCUT2D eigenvalue weighted by Gasteiger charge is -2.11. The van der Waals surface area contributed by atoms with Gasteiger partial charge < -0.3 is 23.0 Å². The van der Waals surface area contributed by atoms with E-state index in [1.807, 2.05) is 59.0 Å². The molecule has 5 heterocycles. The van der Waals surface area contributed by atoms with Gasteiger partial charge >= 0.3 is 0 Å². The van der Waals surface area contributed by atoms with Gasteiger partial charge in [0, 0.05) is 82.1 Å². The Hall–Kier alpha value is -6.34. The van der Waals surface area contributed by atoms with Crippen LogP contribution in [-0.2, 0) is 21.1 Å². The molecular weight excluding hydrogens is 592 g/mol. The molecule has 5 aromatic carbocycles. The second-order valence-corrected chi connectivity index (χ2v) is 12.5. The van der Waals surface area contributed by atoms with Gasteiger partial charge in [-0.3, -0.25) is 4.57 Å². The van der Waals surface area contributed by atoms with Gasteiger partial charge in [-0.1, -0.05) is 54.6 Å². The molecule has 0 saturated heterocycles. The average molecular weight is 623 g/mol. The quantitative estimate of drug-likeness (QED) is 0.146. The van der Waals surface area contributed by atoms with E-state index < -0.39 is 0 Å². The maximum Gasteiger partial charge on any atom is 0.243 e. The van der Waals surface area contributed by atoms with Crippen molar-refractivity contribution in [2.24, 2.45) is 21.1 Å². The largest absolute Gasteiger partial charge is 0.458 e. The molecule has 7 nitrogen and oxygen atoms in total. The summed E-state index contributed by atoms with van der Waals surface area (Å²) in [5.74, 6) is 2.37. The van der Waals surface area contributed by atoms with Crippen molar-refractivity contribution in [3.05, 3.63) is 134 Å². The molecule has 0 unspecified atom stereocenters. The zero-order valence-corrected chi connectivity index (χ0v) is 26.7. The number of benzene rings is 5. The monoisotopic (exact) mass is 622 g/mol. The van der Waals surface area contributed by atoms with E-state index >= 15 is 0 Å². The second kappa shape index (κ2) is 9.83. The van der Waals surface area contributed by atoms with Crippen LogP contribution in [0.4, 0.5) is 0 Å². The molecule has 10 aromatic rings. The zero-order valence-electron chi connectivity index (χ0n) is 26.7. The second-order valence-electron chi connectivity index (χ2n) is 12.5. The molecule has 0 amide bonds. The molecular formula is C41H30N6O. The number of imidazole rings is 1. The molecule has 0 atom stereocenters. The minimum absolute atomic E-state index is 0.754. The van der Waals surface area contributed by atoms with Gasteiger partial charge in [0.1, 0.15) is 17.3 Å². The lowest BCUT2D eigenvalue weighted by molar-refractivity contribution is -0.599. The van der Waals surface area contributed by atoms with Gasteiger partial charge in [0.05, 0.1) is 34.8 Å². The number of rotatable bonds is 4. The Morgan fingerprint density at radius 3 is 1.92 bits per heavy atom. The molecule has 0 radical (unpaired) electrons. The maximum absolute atomic E-state index is 6.59. The maximum atomic E-state index is 6.59. The van der Waals surface area contributed by atoms with Gasteiger partial charge in [-0.25, -0.2) is 4.98 Å². The molecule has 0 saturated carbocycles. The van der Waals surface area contributed by atoms with Crippen molar-refractivity contribution in [2.45, 2.75) is 0 Å². The van der Waals surface area contributed by atoms with Gasteiger partial charge in [-0.05, 0) is 48.5 Å². The van der Waals surface area contributed by atoms with Crippen LogP contribution in [0.15, 0.2) is 128 Å². The van der Waals surface area contributed by atoms with Crippen LogP contribution in [0.2, 0.25) is 0 Å². The molecule has 0 aliphatic rings. The lowest BCUT2D eigenvalue weighted by Crippen LogP contribution is -2.27. The highest BCUT2D eigenvalue weighted by Gasteiger charge is 2.27. The Balaban J connectivity index is 1.34. The summed E-state index contributed by atoms with van der Waals surface area (Å²) in [5.41, 5.74) is 8.00. The van der Waals surface area contributed by atoms with E-state index in [0.29, 0.717) is 0 Å². The summed E-state index contributed by atoms with van der Waals surface area (Å²) in [6, 6.07) is 38.1. The number of aromatic nitrogens is 6. The number of ether oxygens (including phenoxy) is 1. The zero-order chi connectivity index (χ0) is 32.1. The predicted molar refractivity (Wildman–Crippen MR) is 192 cm³/mol. The van der Waals surface area contributed by atoms with Crippen molar-refractivity contribution >= 4 is 65.4 Å². The molecule has 10 rings (SSSR count). The molecule has 7 heteroatoms. The number of nitrogens with zero attached hydrogens (tertiary/aromatic N) is 6. The number of para-hydroxylation sites is 2. The molecule has 0 fully saturated rings. The van der Waals surface area contributed by atoms with Crippen molar-refractivity contribution in [3.63, 3.8) is 0 Å². The minimum Gasteiger partial charge on any atom is -0.458 e. The van der Waals surface area contributed by atoms with Crippen LogP contribution in [0, 0.1) is 6.33 Å². The van der Waals surface area contributed by atoms with Gasteiger partial charge in [-0.15, -0.1) is 0 Å². The van der Waals surface area contributed by atoms with Crippen LogP contribution in [0.3, 0.4) is 0 Å². The van der Waals surface area contributed by atoms with Gasteiger partial charge in [0.2, 0.25) is 6.33 Å². The summed E-state index contributed by atoms with van der Waals surface area (Å²) in [5, 5.41) is 7.31. The highest BCUT2D eigenvalue weighted by Crippen LogP contribution is 2.48. The normalized spacial score (nSPS) is 12.1. The number of aryl methyl sites for hydroxylation is 3. The standard InChI is InChI=1S/C41H30N6O/c1-43-21-22-46(25-43)26-11-10-12-27(23-26)48-28-18-19-31-34(24-28)47(35-17-8-9-20-42-35)41-37-30-14-5-7-16-33(30)45(3)39(37)36-29-13-4-6-15-32(29)44(2)40(36)38(31)41/h4-24H,1-3H3. The van der Waals surface area contributed by atoms with E-state index in [1.54, 1.807) is 0 Å². The van der Waals surface area contributed by atoms with Gasteiger partial charge in [0.15, 0.2) is 0 Å². The molecule has 5 aromatic heterocycles. The van der Waals surface area contributed by atoms with E-state index in [0.717, 1.165) is 39.4 Å². The van der Waals surface area contributed by atoms with E-state index in [2.05, 4.69) is 119 Å². The summed E-state index contributed by atoms with van der Waals surface area (Å²) < 4.78 is 17.5. The molecule has 230 valence electrons. The first-order chi connectivity index (χ1) is 23.6. The van der Waals surface area contributed by atoms with E-state index in [9.17, 15) is 0 Å². The Bertz CT molecular complexity index is 2900. The molecule has 0 aliphatic heterocycles. The molecule has 0 spiro atoms. The smallest absolute Gasteiger partial charge is 0.243 e. The lowest BCUT2D eigenvalue weighted by atomic mass is 10.0. The predicted octanol–water partition coefficient (Wildman–Crippen LogP) is 8.68. The van der Waals surface area contributed by atoms with Crippen molar-refractivity contribution in [3.8, 4) is 23.0 Å². The fourth-order valence-corrected chi connectivity index (χ4v) is 7.76. The Kier molecular flexibility index (Phi) is 5.50. The first-order valence-electron chi connectivity index (χ1n) is 16.1. The van der Waals surface area contributed by atoms with Crippen LogP contribution >= 0.6 is 0 Å². The average Bonchev–Trinajstić information content (AvgIpc) is 3.86. The van der Waals surface area contributed by atoms with Crippen LogP contribution < -0.4 is 9.30 Å². The van der Waals surface area contributed by atoms with Crippen LogP contribution in [0.5, 0.6) is 11.5 Å². The van der Waals surface area contributed by atoms with Crippen LogP contribution in [-0.4, -0.2) is 23.3 Å². The van der Waals surface area contributed by atoms with Gasteiger partial charge in [0.25, 0.3) is 0 Å². The fraction of sp³-hybridized carbons (Fsp3) is 0.0732. The summed E-state index contributed by atoms with van der Waals surface area (Å²) in [6.45, 7) is 0. The highest BCUT2D eigenvalue weighted by atomic mass is 16.5. The molecule has 48 heavy (non-hydrogen) atoms. The third-order valence-electron chi connectivity index (χ3n) is 9.78. The van der Waals surface area contributed by atoms with Crippen LogP contribution in [0.1, 0.15) is 0 Å². The topological polar surface area (TPSA) is 45.7 Å². The van der Waals surface area contributed by atoms with Crippen LogP contribution in [0.25, 0.3) is 76.9 Å². The summed E-state index contributed by atoms with van der Waals surface area (Å²) in [4.78, 5) is 4.92. The molecule has 0 bridgehead atoms. The van der Waals surface area contributed by atoms with E-state index in [-0.39, 0.29) is 0 Å². The Labute approximate surface area is 275 Å². The van der Waals surface area contributed by atoms with Crippen molar-refractivity contribution < 1.29 is 9.30 Å². The van der Waals surface area contributed by atoms with E-state index in [4.69, 9.17) is 9.72 Å². The molecule has 0 N–H and O–H groups in total. The number of hydrogen-bond acceptors (Lipinski definition) is 2.